The maximum Gasteiger partial charge on any atom is 0.218 e. The molecule has 1 fully saturated rings. The Hall–Kier alpha value is -1.40. The zero-order valence-corrected chi connectivity index (χ0v) is 15.9. The Morgan fingerprint density at radius 2 is 1.60 bits per heavy atom. The highest BCUT2D eigenvalue weighted by Gasteiger charge is 2.27. The molecule has 0 bridgehead atoms. The fourth-order valence-electron chi connectivity index (χ4n) is 3.02. The van der Waals surface area contributed by atoms with Crippen molar-refractivity contribution in [1.82, 2.24) is 9.21 Å². The molecule has 0 N–H and O–H groups in total. The van der Waals surface area contributed by atoms with Gasteiger partial charge in [0.15, 0.2) is 0 Å². The van der Waals surface area contributed by atoms with E-state index in [1.165, 1.54) is 0 Å². The minimum atomic E-state index is -3.27. The van der Waals surface area contributed by atoms with Crippen molar-refractivity contribution >= 4 is 21.6 Å². The van der Waals surface area contributed by atoms with Gasteiger partial charge >= 0.3 is 0 Å². The van der Waals surface area contributed by atoms with Crippen LogP contribution in [0.3, 0.4) is 0 Å². The Morgan fingerprint density at radius 3 is 2.24 bits per heavy atom. The van der Waals surface area contributed by atoms with Gasteiger partial charge < -0.3 is 0 Å². The van der Waals surface area contributed by atoms with Crippen molar-refractivity contribution in [3.8, 4) is 0 Å². The third kappa shape index (κ3) is 4.82. The number of hydrogen-bond acceptors (Lipinski definition) is 3. The van der Waals surface area contributed by atoms with E-state index in [2.05, 4.69) is 4.90 Å². The van der Waals surface area contributed by atoms with E-state index in [-0.39, 0.29) is 5.75 Å². The number of halogens is 1. The van der Waals surface area contributed by atoms with Crippen molar-refractivity contribution in [1.29, 1.82) is 0 Å². The Labute approximate surface area is 155 Å². The van der Waals surface area contributed by atoms with Gasteiger partial charge in [-0.1, -0.05) is 59.6 Å². The van der Waals surface area contributed by atoms with Gasteiger partial charge in [-0.05, 0) is 24.1 Å². The monoisotopic (exact) mass is 378 g/mol. The summed E-state index contributed by atoms with van der Waals surface area (Å²) in [6.07, 6.45) is 0. The Balaban J connectivity index is 1.57. The molecule has 4 nitrogen and oxygen atoms in total. The molecular formula is C19H23ClN2O2S. The van der Waals surface area contributed by atoms with Crippen LogP contribution in [-0.4, -0.2) is 43.8 Å². The zero-order valence-electron chi connectivity index (χ0n) is 14.4. The van der Waals surface area contributed by atoms with Gasteiger partial charge in [0.2, 0.25) is 10.0 Å². The summed E-state index contributed by atoms with van der Waals surface area (Å²) in [6, 6.07) is 15.5. The molecule has 134 valence electrons. The maximum atomic E-state index is 12.6. The van der Waals surface area contributed by atoms with Gasteiger partial charge in [0.05, 0.1) is 5.75 Å². The third-order valence-electron chi connectivity index (χ3n) is 4.55. The third-order valence-corrected chi connectivity index (χ3v) is 6.76. The molecular weight excluding hydrogens is 356 g/mol. The molecule has 1 saturated heterocycles. The minimum Gasteiger partial charge on any atom is -0.296 e. The van der Waals surface area contributed by atoms with Gasteiger partial charge in [0.1, 0.15) is 0 Å². The van der Waals surface area contributed by atoms with Gasteiger partial charge in [-0.25, -0.2) is 8.42 Å². The van der Waals surface area contributed by atoms with Crippen molar-refractivity contribution in [2.45, 2.75) is 19.2 Å². The standard InChI is InChI=1S/C19H23ClN2O2S/c1-16-6-8-17(9-7-16)15-25(23,24)22-12-10-21(11-13-22)14-18-4-2-3-5-19(18)20/h2-9H,10-15H2,1H3. The molecule has 2 aromatic carbocycles. The molecule has 6 heteroatoms. The molecule has 0 unspecified atom stereocenters. The smallest absolute Gasteiger partial charge is 0.218 e. The van der Waals surface area contributed by atoms with Gasteiger partial charge in [-0.2, -0.15) is 4.31 Å². The highest BCUT2D eigenvalue weighted by atomic mass is 35.5. The lowest BCUT2D eigenvalue weighted by Crippen LogP contribution is -2.48. The van der Waals surface area contributed by atoms with Crippen molar-refractivity contribution < 1.29 is 8.42 Å². The zero-order chi connectivity index (χ0) is 17.9. The first kappa shape index (κ1) is 18.4. The van der Waals surface area contributed by atoms with E-state index in [9.17, 15) is 8.42 Å². The van der Waals surface area contributed by atoms with Gasteiger partial charge in [0, 0.05) is 37.7 Å². The summed E-state index contributed by atoms with van der Waals surface area (Å²) < 4.78 is 26.9. The summed E-state index contributed by atoms with van der Waals surface area (Å²) in [5.74, 6) is 0.0673. The van der Waals surface area contributed by atoms with Crippen LogP contribution in [0, 0.1) is 6.92 Å². The lowest BCUT2D eigenvalue weighted by atomic mass is 10.2. The fourth-order valence-corrected chi connectivity index (χ4v) is 4.73. The summed E-state index contributed by atoms with van der Waals surface area (Å²) in [7, 11) is -3.27. The van der Waals surface area contributed by atoms with Crippen LogP contribution in [0.1, 0.15) is 16.7 Å². The van der Waals surface area contributed by atoms with E-state index in [4.69, 9.17) is 11.6 Å². The van der Waals surface area contributed by atoms with Crippen molar-refractivity contribution in [2.24, 2.45) is 0 Å². The normalized spacial score (nSPS) is 16.9. The molecule has 2 aromatic rings. The first-order valence-electron chi connectivity index (χ1n) is 8.43. The molecule has 0 spiro atoms. The number of sulfonamides is 1. The Morgan fingerprint density at radius 1 is 0.960 bits per heavy atom. The molecule has 25 heavy (non-hydrogen) atoms. The van der Waals surface area contributed by atoms with E-state index < -0.39 is 10.0 Å². The molecule has 0 amide bonds. The van der Waals surface area contributed by atoms with Crippen LogP contribution in [0.25, 0.3) is 0 Å². The van der Waals surface area contributed by atoms with Gasteiger partial charge in [-0.15, -0.1) is 0 Å². The maximum absolute atomic E-state index is 12.6. The second kappa shape index (κ2) is 7.87. The lowest BCUT2D eigenvalue weighted by Gasteiger charge is -2.34. The molecule has 0 aliphatic carbocycles. The molecule has 3 rings (SSSR count). The molecule has 0 aromatic heterocycles. The molecule has 0 radical (unpaired) electrons. The van der Waals surface area contributed by atoms with E-state index >= 15 is 0 Å². The largest absolute Gasteiger partial charge is 0.296 e. The summed E-state index contributed by atoms with van der Waals surface area (Å²) in [5.41, 5.74) is 3.05. The molecule has 0 saturated carbocycles. The van der Waals surface area contributed by atoms with Crippen LogP contribution in [-0.2, 0) is 22.3 Å². The summed E-state index contributed by atoms with van der Waals surface area (Å²) in [4.78, 5) is 2.25. The predicted molar refractivity (Wildman–Crippen MR) is 102 cm³/mol. The molecule has 1 heterocycles. The summed E-state index contributed by atoms with van der Waals surface area (Å²) in [5, 5.41) is 0.761. The number of benzene rings is 2. The van der Waals surface area contributed by atoms with Gasteiger partial charge in [-0.3, -0.25) is 4.90 Å². The molecule has 1 aliphatic rings. The first-order chi connectivity index (χ1) is 11.9. The van der Waals surface area contributed by atoms with Crippen LogP contribution in [0.15, 0.2) is 48.5 Å². The summed E-state index contributed by atoms with van der Waals surface area (Å²) >= 11 is 6.21. The van der Waals surface area contributed by atoms with E-state index in [0.29, 0.717) is 13.1 Å². The highest BCUT2D eigenvalue weighted by molar-refractivity contribution is 7.88. The number of piperazine rings is 1. The SMILES string of the molecule is Cc1ccc(CS(=O)(=O)N2CCN(Cc3ccccc3Cl)CC2)cc1. The van der Waals surface area contributed by atoms with Crippen LogP contribution in [0.4, 0.5) is 0 Å². The van der Waals surface area contributed by atoms with Crippen LogP contribution in [0.2, 0.25) is 5.02 Å². The average molecular weight is 379 g/mol. The highest BCUT2D eigenvalue weighted by Crippen LogP contribution is 2.19. The second-order valence-corrected chi connectivity index (χ2v) is 8.88. The summed E-state index contributed by atoms with van der Waals surface area (Å²) in [6.45, 7) is 5.25. The number of aryl methyl sites for hydroxylation is 1. The van der Waals surface area contributed by atoms with E-state index in [1.54, 1.807) is 4.31 Å². The number of rotatable bonds is 5. The van der Waals surface area contributed by atoms with E-state index in [0.717, 1.165) is 41.3 Å². The van der Waals surface area contributed by atoms with Crippen molar-refractivity contribution in [3.05, 3.63) is 70.2 Å². The minimum absolute atomic E-state index is 0.0673. The fraction of sp³-hybridized carbons (Fsp3) is 0.368. The lowest BCUT2D eigenvalue weighted by molar-refractivity contribution is 0.181. The predicted octanol–water partition coefficient (Wildman–Crippen LogP) is 3.30. The molecule has 1 aliphatic heterocycles. The molecule has 0 atom stereocenters. The van der Waals surface area contributed by atoms with E-state index in [1.807, 2.05) is 55.5 Å². The van der Waals surface area contributed by atoms with Crippen LogP contribution < -0.4 is 0 Å². The average Bonchev–Trinajstić information content (AvgIpc) is 2.59. The van der Waals surface area contributed by atoms with Gasteiger partial charge in [0.25, 0.3) is 0 Å². The topological polar surface area (TPSA) is 40.6 Å². The Kier molecular flexibility index (Phi) is 5.79. The van der Waals surface area contributed by atoms with Crippen LogP contribution >= 0.6 is 11.6 Å². The second-order valence-electron chi connectivity index (χ2n) is 6.51. The van der Waals surface area contributed by atoms with Crippen molar-refractivity contribution in [3.63, 3.8) is 0 Å². The number of nitrogens with zero attached hydrogens (tertiary/aromatic N) is 2. The first-order valence-corrected chi connectivity index (χ1v) is 10.4. The number of hydrogen-bond donors (Lipinski definition) is 0. The quantitative estimate of drug-likeness (QED) is 0.801. The van der Waals surface area contributed by atoms with Crippen molar-refractivity contribution in [2.75, 3.05) is 26.2 Å². The Bertz CT molecular complexity index is 814. The van der Waals surface area contributed by atoms with Crippen LogP contribution in [0.5, 0.6) is 0 Å².